The highest BCUT2D eigenvalue weighted by atomic mass is 19.4. The maximum Gasteiger partial charge on any atom is 0.416 e. The fraction of sp³-hybridized carbons (Fsp3) is 0.640. The van der Waals surface area contributed by atoms with Crippen LogP contribution in [0.3, 0.4) is 0 Å². The highest BCUT2D eigenvalue weighted by molar-refractivity contribution is 5.91. The van der Waals surface area contributed by atoms with Gasteiger partial charge in [-0.05, 0) is 62.6 Å². The lowest BCUT2D eigenvalue weighted by Crippen LogP contribution is -2.54. The molecule has 5 rings (SSSR count). The number of aromatic nitrogens is 2. The van der Waals surface area contributed by atoms with Gasteiger partial charge in [-0.15, -0.1) is 0 Å². The fourth-order valence-corrected chi connectivity index (χ4v) is 5.60. The Labute approximate surface area is 203 Å². The zero-order valence-corrected chi connectivity index (χ0v) is 19.8. The smallest absolute Gasteiger partial charge is 0.362 e. The minimum atomic E-state index is -4.45. The van der Waals surface area contributed by atoms with Crippen molar-refractivity contribution in [2.75, 3.05) is 38.1 Å². The van der Waals surface area contributed by atoms with Crippen molar-refractivity contribution in [1.29, 1.82) is 0 Å². The Morgan fingerprint density at radius 2 is 1.86 bits per heavy atom. The Balaban J connectivity index is 1.06. The molecule has 2 aromatic rings. The average Bonchev–Trinajstić information content (AvgIpc) is 2.84. The monoisotopic (exact) mass is 491 g/mol. The molecular formula is C25H32F3N5O2. The van der Waals surface area contributed by atoms with Crippen LogP contribution in [0.1, 0.15) is 50.5 Å². The molecule has 7 nitrogen and oxygen atoms in total. The second-order valence-corrected chi connectivity index (χ2v) is 10.0. The van der Waals surface area contributed by atoms with Crippen molar-refractivity contribution in [1.82, 2.24) is 19.9 Å². The van der Waals surface area contributed by atoms with E-state index in [0.717, 1.165) is 57.6 Å². The fourth-order valence-electron chi connectivity index (χ4n) is 5.60. The van der Waals surface area contributed by atoms with Gasteiger partial charge in [0.1, 0.15) is 12.1 Å². The highest BCUT2D eigenvalue weighted by Crippen LogP contribution is 2.34. The molecule has 0 unspecified atom stereocenters. The van der Waals surface area contributed by atoms with E-state index in [2.05, 4.69) is 25.2 Å². The molecule has 3 heterocycles. The van der Waals surface area contributed by atoms with E-state index in [0.29, 0.717) is 29.9 Å². The summed E-state index contributed by atoms with van der Waals surface area (Å²) in [7, 11) is 0. The molecule has 0 spiro atoms. The molecule has 0 atom stereocenters. The Morgan fingerprint density at radius 1 is 1.09 bits per heavy atom. The number of anilines is 1. The van der Waals surface area contributed by atoms with Crippen molar-refractivity contribution < 1.29 is 22.8 Å². The van der Waals surface area contributed by atoms with Crippen LogP contribution in [-0.4, -0.2) is 70.6 Å². The van der Waals surface area contributed by atoms with Crippen LogP contribution in [0.4, 0.5) is 19.0 Å². The number of benzene rings is 1. The number of rotatable bonds is 7. The van der Waals surface area contributed by atoms with E-state index in [4.69, 9.17) is 4.84 Å². The normalized spacial score (nSPS) is 24.9. The lowest BCUT2D eigenvalue weighted by Gasteiger charge is -2.47. The van der Waals surface area contributed by atoms with Crippen molar-refractivity contribution in [2.24, 2.45) is 5.92 Å². The van der Waals surface area contributed by atoms with E-state index in [-0.39, 0.29) is 23.5 Å². The molecule has 1 N–H and O–H groups in total. The lowest BCUT2D eigenvalue weighted by molar-refractivity contribution is -0.213. The topological polar surface area (TPSA) is 70.6 Å². The van der Waals surface area contributed by atoms with Gasteiger partial charge in [-0.1, -0.05) is 0 Å². The number of nitrogens with zero attached hydrogens (tertiary/aromatic N) is 4. The van der Waals surface area contributed by atoms with Crippen LogP contribution >= 0.6 is 0 Å². The summed E-state index contributed by atoms with van der Waals surface area (Å²) in [6.07, 6.45) is 4.36. The average molecular weight is 492 g/mol. The number of alkyl halides is 3. The van der Waals surface area contributed by atoms with Crippen LogP contribution < -0.4 is 5.32 Å². The van der Waals surface area contributed by atoms with Crippen LogP contribution in [0.25, 0.3) is 10.9 Å². The summed E-state index contributed by atoms with van der Waals surface area (Å²) >= 11 is 0. The number of fused-ring (bicyclic) bond motifs is 1. The van der Waals surface area contributed by atoms with Crippen molar-refractivity contribution in [3.63, 3.8) is 0 Å². The first kappa shape index (κ1) is 24.4. The van der Waals surface area contributed by atoms with Gasteiger partial charge in [-0.25, -0.2) is 9.97 Å². The van der Waals surface area contributed by atoms with Crippen LogP contribution in [0.5, 0.6) is 0 Å². The number of hydroxylamine groups is 2. The van der Waals surface area contributed by atoms with Gasteiger partial charge in [-0.2, -0.15) is 18.2 Å². The summed E-state index contributed by atoms with van der Waals surface area (Å²) < 4.78 is 39.3. The third-order valence-corrected chi connectivity index (χ3v) is 7.54. The molecule has 1 aromatic heterocycles. The van der Waals surface area contributed by atoms with Crippen molar-refractivity contribution >= 4 is 22.5 Å². The maximum absolute atomic E-state index is 13.1. The van der Waals surface area contributed by atoms with E-state index in [1.54, 1.807) is 0 Å². The molecule has 35 heavy (non-hydrogen) atoms. The van der Waals surface area contributed by atoms with E-state index >= 15 is 0 Å². The standard InChI is InChI=1S/C25H32F3N5O2/c26-25(27,28)18-3-8-23-22(12-18)24(31-16-30-23)29-13-21(34)11-17-14-32(15-17)19-4-6-20(7-5-19)33-9-1-2-10-35-33/h3,8,12,16-17,19-20H,1-2,4-7,9-11,13-15H2,(H,29,30,31). The number of nitrogens with one attached hydrogen (secondary N) is 1. The highest BCUT2D eigenvalue weighted by Gasteiger charge is 2.37. The first-order valence-corrected chi connectivity index (χ1v) is 12.6. The first-order chi connectivity index (χ1) is 16.9. The summed E-state index contributed by atoms with van der Waals surface area (Å²) in [5.74, 6) is 0.630. The molecule has 190 valence electrons. The largest absolute Gasteiger partial charge is 0.416 e. The van der Waals surface area contributed by atoms with Gasteiger partial charge >= 0.3 is 6.18 Å². The van der Waals surface area contributed by atoms with Gasteiger partial charge in [0.2, 0.25) is 0 Å². The molecule has 10 heteroatoms. The maximum atomic E-state index is 13.1. The number of hydrogen-bond donors (Lipinski definition) is 1. The zero-order valence-electron chi connectivity index (χ0n) is 19.8. The number of carbonyl (C=O) groups excluding carboxylic acids is 1. The lowest BCUT2D eigenvalue weighted by atomic mass is 9.85. The SMILES string of the molecule is O=C(CNc1ncnc2ccc(C(F)(F)F)cc12)CC1CN(C2CCC(N3CCCCO3)CC2)C1. The Hall–Kier alpha value is -2.30. The van der Waals surface area contributed by atoms with E-state index in [1.165, 1.54) is 31.7 Å². The molecular weight excluding hydrogens is 459 g/mol. The zero-order chi connectivity index (χ0) is 24.4. The molecule has 2 saturated heterocycles. The molecule has 0 amide bonds. The predicted molar refractivity (Wildman–Crippen MR) is 126 cm³/mol. The summed E-state index contributed by atoms with van der Waals surface area (Å²) in [6, 6.07) is 4.48. The van der Waals surface area contributed by atoms with Crippen LogP contribution in [-0.2, 0) is 15.8 Å². The van der Waals surface area contributed by atoms with E-state index in [1.807, 2.05) is 0 Å². The van der Waals surface area contributed by atoms with Gasteiger partial charge in [-0.3, -0.25) is 14.5 Å². The van der Waals surface area contributed by atoms with Crippen molar-refractivity contribution in [3.05, 3.63) is 30.1 Å². The van der Waals surface area contributed by atoms with Gasteiger partial charge in [0, 0.05) is 43.5 Å². The Morgan fingerprint density at radius 3 is 2.57 bits per heavy atom. The first-order valence-electron chi connectivity index (χ1n) is 12.6. The number of Topliss-reactive ketones (excluding diaryl/α,β-unsaturated/α-hetero) is 1. The minimum Gasteiger partial charge on any atom is -0.362 e. The molecule has 0 radical (unpaired) electrons. The summed E-state index contributed by atoms with van der Waals surface area (Å²) in [6.45, 7) is 3.81. The van der Waals surface area contributed by atoms with Crippen LogP contribution in [0.2, 0.25) is 0 Å². The van der Waals surface area contributed by atoms with Crippen molar-refractivity contribution in [3.8, 4) is 0 Å². The number of hydrogen-bond acceptors (Lipinski definition) is 7. The van der Waals surface area contributed by atoms with E-state index < -0.39 is 11.7 Å². The molecule has 1 aliphatic carbocycles. The van der Waals surface area contributed by atoms with Gasteiger partial charge in [0.25, 0.3) is 0 Å². The van der Waals surface area contributed by atoms with Crippen LogP contribution in [0, 0.1) is 5.92 Å². The third-order valence-electron chi connectivity index (χ3n) is 7.54. The Bertz CT molecular complexity index is 1030. The quantitative estimate of drug-likeness (QED) is 0.620. The molecule has 3 aliphatic rings. The predicted octanol–water partition coefficient (Wildman–Crippen LogP) is 4.29. The number of halogens is 3. The Kier molecular flexibility index (Phi) is 7.22. The molecule has 1 saturated carbocycles. The minimum absolute atomic E-state index is 0.0411. The third kappa shape index (κ3) is 5.76. The summed E-state index contributed by atoms with van der Waals surface area (Å²) in [5.41, 5.74) is -0.361. The second-order valence-electron chi connectivity index (χ2n) is 10.0. The number of ketones is 1. The molecule has 1 aromatic carbocycles. The van der Waals surface area contributed by atoms with Gasteiger partial charge < -0.3 is 5.32 Å². The number of likely N-dealkylation sites (tertiary alicyclic amines) is 1. The summed E-state index contributed by atoms with van der Waals surface area (Å²) in [5, 5.41) is 5.40. The van der Waals surface area contributed by atoms with E-state index in [9.17, 15) is 18.0 Å². The molecule has 0 bridgehead atoms. The second kappa shape index (κ2) is 10.4. The van der Waals surface area contributed by atoms with Crippen molar-refractivity contribution in [2.45, 2.75) is 63.2 Å². The molecule has 3 fully saturated rings. The van der Waals surface area contributed by atoms with Crippen LogP contribution in [0.15, 0.2) is 24.5 Å². The van der Waals surface area contributed by atoms with Gasteiger partial charge in [0.05, 0.1) is 24.2 Å². The molecule has 2 aliphatic heterocycles. The summed E-state index contributed by atoms with van der Waals surface area (Å²) in [4.78, 5) is 29.0. The number of carbonyl (C=O) groups is 1. The van der Waals surface area contributed by atoms with Gasteiger partial charge in [0.15, 0.2) is 5.78 Å².